The Balaban J connectivity index is 1.62. The molecule has 0 bridgehead atoms. The van der Waals surface area contributed by atoms with E-state index in [4.69, 9.17) is 9.72 Å². The molecule has 6 nitrogen and oxygen atoms in total. The number of hydrogen-bond acceptors (Lipinski definition) is 6. The number of carbonyl (C=O) groups is 1. The Morgan fingerprint density at radius 1 is 1.10 bits per heavy atom. The molecular weight excluding hydrogens is 398 g/mol. The molecule has 0 aliphatic carbocycles. The first kappa shape index (κ1) is 19.6. The van der Waals surface area contributed by atoms with Crippen molar-refractivity contribution in [3.63, 3.8) is 0 Å². The average molecular weight is 417 g/mol. The number of thiophene rings is 1. The first-order valence-electron chi connectivity index (χ1n) is 9.25. The monoisotopic (exact) mass is 417 g/mol. The standard InChI is InChI=1S/C23H19N3O3S/c1-29-18-10-6-16(7-11-18)19-14-24-23(22(25-19)20-3-2-12-30-20)26-21(28)13-15-4-8-17(27)9-5-15/h2-12,14,27H,13H2,1H3,(H,24,26,28). The van der Waals surface area contributed by atoms with E-state index in [-0.39, 0.29) is 18.1 Å². The minimum Gasteiger partial charge on any atom is -0.508 e. The summed E-state index contributed by atoms with van der Waals surface area (Å²) in [5, 5.41) is 14.2. The number of methoxy groups -OCH3 is 1. The molecule has 30 heavy (non-hydrogen) atoms. The number of rotatable bonds is 6. The van der Waals surface area contributed by atoms with Crippen LogP contribution in [0.3, 0.4) is 0 Å². The van der Waals surface area contributed by atoms with Gasteiger partial charge in [-0.05, 0) is 53.4 Å². The minimum atomic E-state index is -0.204. The second-order valence-electron chi connectivity index (χ2n) is 6.55. The highest BCUT2D eigenvalue weighted by molar-refractivity contribution is 7.13. The quantitative estimate of drug-likeness (QED) is 0.472. The number of amides is 1. The molecule has 0 saturated heterocycles. The van der Waals surface area contributed by atoms with Gasteiger partial charge < -0.3 is 15.2 Å². The number of aromatic nitrogens is 2. The van der Waals surface area contributed by atoms with Crippen LogP contribution in [0.5, 0.6) is 11.5 Å². The summed E-state index contributed by atoms with van der Waals surface area (Å²) in [6.07, 6.45) is 1.82. The van der Waals surface area contributed by atoms with Gasteiger partial charge in [-0.3, -0.25) is 4.79 Å². The Hall–Kier alpha value is -3.71. The first-order valence-corrected chi connectivity index (χ1v) is 10.1. The fraction of sp³-hybridized carbons (Fsp3) is 0.0870. The lowest BCUT2D eigenvalue weighted by molar-refractivity contribution is -0.115. The van der Waals surface area contributed by atoms with E-state index in [1.807, 2.05) is 41.8 Å². The average Bonchev–Trinajstić information content (AvgIpc) is 3.30. The smallest absolute Gasteiger partial charge is 0.230 e. The maximum Gasteiger partial charge on any atom is 0.230 e. The largest absolute Gasteiger partial charge is 0.508 e. The lowest BCUT2D eigenvalue weighted by Gasteiger charge is -2.11. The topological polar surface area (TPSA) is 84.3 Å². The predicted molar refractivity (Wildman–Crippen MR) is 118 cm³/mol. The maximum atomic E-state index is 12.6. The van der Waals surface area contributed by atoms with Crippen LogP contribution in [0.1, 0.15) is 5.56 Å². The number of aromatic hydroxyl groups is 1. The van der Waals surface area contributed by atoms with Crippen molar-refractivity contribution in [1.82, 2.24) is 9.97 Å². The van der Waals surface area contributed by atoms with Gasteiger partial charge >= 0.3 is 0 Å². The number of benzene rings is 2. The number of anilines is 1. The summed E-state index contributed by atoms with van der Waals surface area (Å²) in [6, 6.07) is 18.0. The van der Waals surface area contributed by atoms with Crippen molar-refractivity contribution in [2.45, 2.75) is 6.42 Å². The van der Waals surface area contributed by atoms with E-state index in [1.54, 1.807) is 37.6 Å². The zero-order chi connectivity index (χ0) is 20.9. The molecule has 1 amide bonds. The fourth-order valence-electron chi connectivity index (χ4n) is 2.94. The third-order valence-electron chi connectivity index (χ3n) is 4.47. The molecule has 0 spiro atoms. The number of nitrogens with zero attached hydrogens (tertiary/aromatic N) is 2. The second kappa shape index (κ2) is 8.75. The van der Waals surface area contributed by atoms with Crippen LogP contribution >= 0.6 is 11.3 Å². The van der Waals surface area contributed by atoms with Gasteiger partial charge in [-0.15, -0.1) is 11.3 Å². The Bertz CT molecular complexity index is 1140. The van der Waals surface area contributed by atoms with Crippen LogP contribution in [-0.2, 0) is 11.2 Å². The first-order chi connectivity index (χ1) is 14.6. The van der Waals surface area contributed by atoms with Gasteiger partial charge in [0.1, 0.15) is 17.2 Å². The van der Waals surface area contributed by atoms with Crippen molar-refractivity contribution in [2.75, 3.05) is 12.4 Å². The normalized spacial score (nSPS) is 10.6. The van der Waals surface area contributed by atoms with Crippen molar-refractivity contribution >= 4 is 23.1 Å². The maximum absolute atomic E-state index is 12.6. The Morgan fingerprint density at radius 2 is 1.87 bits per heavy atom. The van der Waals surface area contributed by atoms with E-state index in [0.717, 1.165) is 21.8 Å². The van der Waals surface area contributed by atoms with Crippen LogP contribution in [0.25, 0.3) is 21.8 Å². The molecule has 0 fully saturated rings. The van der Waals surface area contributed by atoms with Crippen LogP contribution in [-0.4, -0.2) is 28.1 Å². The van der Waals surface area contributed by atoms with E-state index in [0.29, 0.717) is 17.2 Å². The molecule has 0 atom stereocenters. The molecule has 2 aromatic carbocycles. The van der Waals surface area contributed by atoms with Crippen molar-refractivity contribution in [3.05, 3.63) is 77.8 Å². The zero-order valence-corrected chi connectivity index (χ0v) is 17.0. The predicted octanol–water partition coefficient (Wildman–Crippen LogP) is 4.77. The Morgan fingerprint density at radius 3 is 2.53 bits per heavy atom. The SMILES string of the molecule is COc1ccc(-c2cnc(NC(=O)Cc3ccc(O)cc3)c(-c3cccs3)n2)cc1. The van der Waals surface area contributed by atoms with Crippen LogP contribution in [0.4, 0.5) is 5.82 Å². The van der Waals surface area contributed by atoms with E-state index >= 15 is 0 Å². The number of ether oxygens (including phenoxy) is 1. The summed E-state index contributed by atoms with van der Waals surface area (Å²) >= 11 is 1.53. The summed E-state index contributed by atoms with van der Waals surface area (Å²) in [4.78, 5) is 22.7. The summed E-state index contributed by atoms with van der Waals surface area (Å²) in [6.45, 7) is 0. The van der Waals surface area contributed by atoms with Gasteiger partial charge in [0.25, 0.3) is 0 Å². The molecule has 0 aliphatic rings. The number of phenols is 1. The highest BCUT2D eigenvalue weighted by atomic mass is 32.1. The second-order valence-corrected chi connectivity index (χ2v) is 7.50. The number of carbonyl (C=O) groups excluding carboxylic acids is 1. The molecule has 2 heterocycles. The molecule has 2 N–H and O–H groups in total. The van der Waals surface area contributed by atoms with Crippen LogP contribution in [0.15, 0.2) is 72.2 Å². The van der Waals surface area contributed by atoms with Gasteiger partial charge in [0, 0.05) is 5.56 Å². The highest BCUT2D eigenvalue weighted by Gasteiger charge is 2.15. The molecule has 7 heteroatoms. The zero-order valence-electron chi connectivity index (χ0n) is 16.2. The van der Waals surface area contributed by atoms with Gasteiger partial charge in [0.05, 0.1) is 30.3 Å². The van der Waals surface area contributed by atoms with Gasteiger partial charge in [-0.25, -0.2) is 9.97 Å². The number of phenolic OH excluding ortho intramolecular Hbond substituents is 1. The third kappa shape index (κ3) is 4.47. The van der Waals surface area contributed by atoms with Crippen molar-refractivity contribution in [1.29, 1.82) is 0 Å². The minimum absolute atomic E-state index is 0.166. The summed E-state index contributed by atoms with van der Waals surface area (Å²) < 4.78 is 5.21. The summed E-state index contributed by atoms with van der Waals surface area (Å²) in [7, 11) is 1.62. The van der Waals surface area contributed by atoms with Crippen LogP contribution in [0, 0.1) is 0 Å². The van der Waals surface area contributed by atoms with Crippen molar-refractivity contribution in [3.8, 4) is 33.3 Å². The Kier molecular flexibility index (Phi) is 5.72. The Labute approximate surface area is 177 Å². The third-order valence-corrected chi connectivity index (χ3v) is 5.35. The van der Waals surface area contributed by atoms with Crippen LogP contribution in [0.2, 0.25) is 0 Å². The van der Waals surface area contributed by atoms with Gasteiger partial charge in [0.2, 0.25) is 5.91 Å². The van der Waals surface area contributed by atoms with E-state index in [9.17, 15) is 9.90 Å². The molecule has 0 radical (unpaired) electrons. The molecule has 0 saturated carbocycles. The van der Waals surface area contributed by atoms with Gasteiger partial charge in [-0.2, -0.15) is 0 Å². The summed E-state index contributed by atoms with van der Waals surface area (Å²) in [5.41, 5.74) is 3.03. The molecular formula is C23H19N3O3S. The van der Waals surface area contributed by atoms with E-state index < -0.39 is 0 Å². The fourth-order valence-corrected chi connectivity index (χ4v) is 3.66. The van der Waals surface area contributed by atoms with E-state index in [1.165, 1.54) is 11.3 Å². The van der Waals surface area contributed by atoms with Gasteiger partial charge in [-0.1, -0.05) is 18.2 Å². The molecule has 0 unspecified atom stereocenters. The van der Waals surface area contributed by atoms with Crippen LogP contribution < -0.4 is 10.1 Å². The van der Waals surface area contributed by atoms with Crippen molar-refractivity contribution in [2.24, 2.45) is 0 Å². The highest BCUT2D eigenvalue weighted by Crippen LogP contribution is 2.31. The molecule has 4 aromatic rings. The van der Waals surface area contributed by atoms with Crippen molar-refractivity contribution < 1.29 is 14.6 Å². The molecule has 2 aromatic heterocycles. The number of nitrogens with one attached hydrogen (secondary N) is 1. The molecule has 4 rings (SSSR count). The molecule has 150 valence electrons. The van der Waals surface area contributed by atoms with E-state index in [2.05, 4.69) is 10.3 Å². The van der Waals surface area contributed by atoms with Gasteiger partial charge in [0.15, 0.2) is 5.82 Å². The summed E-state index contributed by atoms with van der Waals surface area (Å²) in [5.74, 6) is 1.14. The molecule has 0 aliphatic heterocycles. The number of hydrogen-bond donors (Lipinski definition) is 2. The lowest BCUT2D eigenvalue weighted by Crippen LogP contribution is -2.16. The lowest BCUT2D eigenvalue weighted by atomic mass is 10.1.